The molecular weight excluding hydrogens is 925 g/mol. The summed E-state index contributed by atoms with van der Waals surface area (Å²) in [6.07, 6.45) is 82.9. The van der Waals surface area contributed by atoms with Crippen LogP contribution in [-0.2, 0) is 28.6 Å². The van der Waals surface area contributed by atoms with E-state index in [0.29, 0.717) is 19.3 Å². The maximum absolute atomic E-state index is 12.9. The first-order valence-corrected chi connectivity index (χ1v) is 32.1. The van der Waals surface area contributed by atoms with E-state index >= 15 is 0 Å². The third kappa shape index (κ3) is 61.3. The summed E-state index contributed by atoms with van der Waals surface area (Å²) in [5.41, 5.74) is 0. The molecular formula is C69H120O6. The lowest BCUT2D eigenvalue weighted by Crippen LogP contribution is -2.30. The first kappa shape index (κ1) is 71.6. The molecule has 1 unspecified atom stereocenters. The fourth-order valence-electron chi connectivity index (χ4n) is 9.09. The Hall–Kier alpha value is -3.41. The van der Waals surface area contributed by atoms with Gasteiger partial charge in [-0.2, -0.15) is 0 Å². The lowest BCUT2D eigenvalue weighted by atomic mass is 10.0. The molecule has 0 saturated heterocycles. The summed E-state index contributed by atoms with van der Waals surface area (Å²) >= 11 is 0. The number of esters is 3. The summed E-state index contributed by atoms with van der Waals surface area (Å²) in [6, 6.07) is 0. The van der Waals surface area contributed by atoms with Gasteiger partial charge in [0.05, 0.1) is 0 Å². The van der Waals surface area contributed by atoms with E-state index in [2.05, 4.69) is 106 Å². The van der Waals surface area contributed by atoms with Gasteiger partial charge in [0.2, 0.25) is 0 Å². The zero-order valence-electron chi connectivity index (χ0n) is 49.6. The second kappa shape index (κ2) is 63.1. The molecule has 0 aromatic heterocycles. The number of allylic oxidation sites excluding steroid dienone is 14. The van der Waals surface area contributed by atoms with E-state index in [1.54, 1.807) is 0 Å². The van der Waals surface area contributed by atoms with E-state index in [-0.39, 0.29) is 31.1 Å². The monoisotopic (exact) mass is 1040 g/mol. The molecule has 0 radical (unpaired) electrons. The van der Waals surface area contributed by atoms with Crippen molar-refractivity contribution in [2.24, 2.45) is 0 Å². The molecule has 0 rings (SSSR count). The predicted octanol–water partition coefficient (Wildman–Crippen LogP) is 21.9. The number of carbonyl (C=O) groups is 3. The SMILES string of the molecule is CC/C=C\C/C=C\C/C=C\C/C=C\C/C=C\C/C=C\CCCCCCC(=O)OCC(COC(=O)CCCCCCCCCCCCCCCCCC)OC(=O)CCCCCCCCC/C=C\CCCCCCCCC. The van der Waals surface area contributed by atoms with E-state index in [4.69, 9.17) is 14.2 Å². The van der Waals surface area contributed by atoms with Gasteiger partial charge in [-0.1, -0.05) is 286 Å². The maximum Gasteiger partial charge on any atom is 0.306 e. The Bertz CT molecular complexity index is 1430. The molecule has 75 heavy (non-hydrogen) atoms. The molecule has 0 aromatic rings. The van der Waals surface area contributed by atoms with E-state index in [1.165, 1.54) is 167 Å². The average Bonchev–Trinajstić information content (AvgIpc) is 3.41. The van der Waals surface area contributed by atoms with Crippen LogP contribution in [0.2, 0.25) is 0 Å². The third-order valence-electron chi connectivity index (χ3n) is 13.9. The van der Waals surface area contributed by atoms with Gasteiger partial charge in [0.1, 0.15) is 13.2 Å². The van der Waals surface area contributed by atoms with Crippen molar-refractivity contribution in [1.29, 1.82) is 0 Å². The van der Waals surface area contributed by atoms with Crippen LogP contribution in [-0.4, -0.2) is 37.2 Å². The summed E-state index contributed by atoms with van der Waals surface area (Å²) < 4.78 is 16.9. The van der Waals surface area contributed by atoms with Gasteiger partial charge in [-0.05, 0) is 96.3 Å². The lowest BCUT2D eigenvalue weighted by Gasteiger charge is -2.18. The molecule has 432 valence electrons. The molecule has 0 aliphatic heterocycles. The highest BCUT2D eigenvalue weighted by atomic mass is 16.6. The van der Waals surface area contributed by atoms with Crippen molar-refractivity contribution in [1.82, 2.24) is 0 Å². The van der Waals surface area contributed by atoms with Gasteiger partial charge in [0, 0.05) is 19.3 Å². The summed E-state index contributed by atoms with van der Waals surface area (Å²) in [4.78, 5) is 38.3. The van der Waals surface area contributed by atoms with Crippen molar-refractivity contribution in [2.45, 2.75) is 322 Å². The van der Waals surface area contributed by atoms with Crippen molar-refractivity contribution < 1.29 is 28.6 Å². The molecule has 0 amide bonds. The molecule has 6 nitrogen and oxygen atoms in total. The van der Waals surface area contributed by atoms with Gasteiger partial charge in [-0.15, -0.1) is 0 Å². The van der Waals surface area contributed by atoms with E-state index < -0.39 is 6.10 Å². The Labute approximate surface area is 465 Å². The van der Waals surface area contributed by atoms with Gasteiger partial charge < -0.3 is 14.2 Å². The Morgan fingerprint density at radius 1 is 0.280 bits per heavy atom. The number of rotatable bonds is 58. The molecule has 0 bridgehead atoms. The van der Waals surface area contributed by atoms with E-state index in [9.17, 15) is 14.4 Å². The Morgan fingerprint density at radius 3 is 0.827 bits per heavy atom. The zero-order chi connectivity index (χ0) is 54.3. The van der Waals surface area contributed by atoms with E-state index in [0.717, 1.165) is 109 Å². The van der Waals surface area contributed by atoms with E-state index in [1.807, 2.05) is 0 Å². The summed E-state index contributed by atoms with van der Waals surface area (Å²) in [7, 11) is 0. The van der Waals surface area contributed by atoms with Gasteiger partial charge >= 0.3 is 17.9 Å². The maximum atomic E-state index is 12.9. The van der Waals surface area contributed by atoms with Crippen LogP contribution in [0.3, 0.4) is 0 Å². The minimum absolute atomic E-state index is 0.0837. The highest BCUT2D eigenvalue weighted by molar-refractivity contribution is 5.71. The van der Waals surface area contributed by atoms with Crippen LogP contribution in [0.5, 0.6) is 0 Å². The van der Waals surface area contributed by atoms with Crippen molar-refractivity contribution in [3.05, 3.63) is 85.1 Å². The van der Waals surface area contributed by atoms with Crippen LogP contribution in [0.4, 0.5) is 0 Å². The molecule has 0 N–H and O–H groups in total. The van der Waals surface area contributed by atoms with Crippen LogP contribution in [0.15, 0.2) is 85.1 Å². The van der Waals surface area contributed by atoms with Gasteiger partial charge in [-0.25, -0.2) is 0 Å². The summed E-state index contributed by atoms with van der Waals surface area (Å²) in [6.45, 7) is 6.54. The van der Waals surface area contributed by atoms with Crippen molar-refractivity contribution >= 4 is 17.9 Å². The van der Waals surface area contributed by atoms with Gasteiger partial charge in [0.25, 0.3) is 0 Å². The molecule has 0 heterocycles. The minimum atomic E-state index is -0.790. The molecule has 0 aromatic carbocycles. The fraction of sp³-hybridized carbons (Fsp3) is 0.754. The van der Waals surface area contributed by atoms with Crippen molar-refractivity contribution in [3.8, 4) is 0 Å². The minimum Gasteiger partial charge on any atom is -0.462 e. The van der Waals surface area contributed by atoms with Crippen molar-refractivity contribution in [2.75, 3.05) is 13.2 Å². The summed E-state index contributed by atoms with van der Waals surface area (Å²) in [5.74, 6) is -0.900. The molecule has 0 aliphatic rings. The number of unbranched alkanes of at least 4 members (excludes halogenated alkanes) is 33. The van der Waals surface area contributed by atoms with Gasteiger partial charge in [0.15, 0.2) is 6.10 Å². The van der Waals surface area contributed by atoms with Crippen LogP contribution in [0, 0.1) is 0 Å². The largest absolute Gasteiger partial charge is 0.462 e. The van der Waals surface area contributed by atoms with Crippen LogP contribution >= 0.6 is 0 Å². The highest BCUT2D eigenvalue weighted by Gasteiger charge is 2.19. The molecule has 6 heteroatoms. The topological polar surface area (TPSA) is 78.9 Å². The highest BCUT2D eigenvalue weighted by Crippen LogP contribution is 2.16. The van der Waals surface area contributed by atoms with Crippen LogP contribution in [0.25, 0.3) is 0 Å². The fourth-order valence-corrected chi connectivity index (χ4v) is 9.09. The normalized spacial score (nSPS) is 12.6. The Balaban J connectivity index is 4.42. The number of carbonyl (C=O) groups excluding carboxylic acids is 3. The smallest absolute Gasteiger partial charge is 0.306 e. The summed E-state index contributed by atoms with van der Waals surface area (Å²) in [5, 5.41) is 0. The predicted molar refractivity (Wildman–Crippen MR) is 325 cm³/mol. The third-order valence-corrected chi connectivity index (χ3v) is 13.9. The van der Waals surface area contributed by atoms with Crippen molar-refractivity contribution in [3.63, 3.8) is 0 Å². The quantitative estimate of drug-likeness (QED) is 0.0261. The standard InChI is InChI=1S/C69H120O6/c1-4-7-10-13-16-19-22-25-28-31-33-34-35-36-37-39-41-44-47-50-53-56-59-62-68(71)74-65-66(64-73-67(70)61-58-55-52-49-46-43-40-30-27-24-21-18-15-12-9-6-3)75-69(72)63-60-57-54-51-48-45-42-38-32-29-26-23-20-17-14-11-8-5-2/h7,10,16,19,25,28-29,32-34,36-37,41,44,66H,4-6,8-9,11-15,17-18,20-24,26-27,30-31,35,38-40,42-43,45-65H2,1-3H3/b10-7-,19-16-,28-25-,32-29-,34-33-,37-36-,44-41-. The number of hydrogen-bond acceptors (Lipinski definition) is 6. The average molecular weight is 1050 g/mol. The molecule has 0 saturated carbocycles. The number of ether oxygens (including phenoxy) is 3. The van der Waals surface area contributed by atoms with Crippen LogP contribution in [0.1, 0.15) is 316 Å². The molecule has 0 spiro atoms. The first-order chi connectivity index (χ1) is 37.0. The van der Waals surface area contributed by atoms with Gasteiger partial charge in [-0.3, -0.25) is 14.4 Å². The first-order valence-electron chi connectivity index (χ1n) is 32.1. The zero-order valence-corrected chi connectivity index (χ0v) is 49.6. The Morgan fingerprint density at radius 2 is 0.520 bits per heavy atom. The lowest BCUT2D eigenvalue weighted by molar-refractivity contribution is -0.167. The number of hydrogen-bond donors (Lipinski definition) is 0. The molecule has 1 atom stereocenters. The second-order valence-electron chi connectivity index (χ2n) is 21.3. The molecule has 0 fully saturated rings. The Kier molecular flexibility index (Phi) is 60.3. The van der Waals surface area contributed by atoms with Crippen LogP contribution < -0.4 is 0 Å². The molecule has 0 aliphatic carbocycles. The second-order valence-corrected chi connectivity index (χ2v) is 21.3.